The third kappa shape index (κ3) is 2.03. The lowest BCUT2D eigenvalue weighted by Crippen LogP contribution is -2.31. The van der Waals surface area contributed by atoms with Crippen molar-refractivity contribution in [2.24, 2.45) is 5.73 Å². The molecule has 0 saturated heterocycles. The molecule has 1 aliphatic rings. The van der Waals surface area contributed by atoms with Crippen LogP contribution >= 0.6 is 11.6 Å². The van der Waals surface area contributed by atoms with E-state index in [9.17, 15) is 5.11 Å². The summed E-state index contributed by atoms with van der Waals surface area (Å²) < 4.78 is 5.33. The highest BCUT2D eigenvalue weighted by atomic mass is 35.5. The monoisotopic (exact) mass is 255 g/mol. The standard InChI is InChI=1S/C13H18ClNO2/c1-7-6-9(17-3)10(8(2)11(7)14)12(16)13(15)4-5-13/h6,12,16H,4-5,15H2,1-3H3. The lowest BCUT2D eigenvalue weighted by molar-refractivity contribution is 0.132. The Bertz CT molecular complexity index is 455. The maximum Gasteiger partial charge on any atom is 0.125 e. The van der Waals surface area contributed by atoms with Gasteiger partial charge in [0.15, 0.2) is 0 Å². The number of methoxy groups -OCH3 is 1. The topological polar surface area (TPSA) is 55.5 Å². The predicted molar refractivity (Wildman–Crippen MR) is 68.6 cm³/mol. The first-order chi connectivity index (χ1) is 7.90. The Labute approximate surface area is 107 Å². The van der Waals surface area contributed by atoms with Crippen LogP contribution < -0.4 is 10.5 Å². The van der Waals surface area contributed by atoms with E-state index in [1.807, 2.05) is 19.9 Å². The first-order valence-corrected chi connectivity index (χ1v) is 6.09. The summed E-state index contributed by atoms with van der Waals surface area (Å²) in [6.07, 6.45) is 0.959. The molecule has 0 aromatic heterocycles. The number of aryl methyl sites for hydroxylation is 1. The van der Waals surface area contributed by atoms with Gasteiger partial charge in [-0.05, 0) is 43.9 Å². The fourth-order valence-corrected chi connectivity index (χ4v) is 2.31. The van der Waals surface area contributed by atoms with Gasteiger partial charge in [0.2, 0.25) is 0 Å². The molecule has 0 aliphatic heterocycles. The lowest BCUT2D eigenvalue weighted by atomic mass is 9.94. The van der Waals surface area contributed by atoms with Crippen molar-refractivity contribution in [3.05, 3.63) is 27.8 Å². The van der Waals surface area contributed by atoms with E-state index in [0.717, 1.165) is 29.5 Å². The minimum atomic E-state index is -0.712. The van der Waals surface area contributed by atoms with Crippen molar-refractivity contribution in [1.29, 1.82) is 0 Å². The molecule has 1 aromatic carbocycles. The molecule has 1 fully saturated rings. The number of nitrogens with two attached hydrogens (primary N) is 1. The predicted octanol–water partition coefficient (Wildman–Crippen LogP) is 2.49. The Morgan fingerprint density at radius 2 is 2.06 bits per heavy atom. The van der Waals surface area contributed by atoms with Gasteiger partial charge in [0.1, 0.15) is 11.9 Å². The van der Waals surface area contributed by atoms with E-state index >= 15 is 0 Å². The van der Waals surface area contributed by atoms with Crippen molar-refractivity contribution in [3.63, 3.8) is 0 Å². The number of aliphatic hydroxyl groups is 1. The van der Waals surface area contributed by atoms with Crippen molar-refractivity contribution < 1.29 is 9.84 Å². The van der Waals surface area contributed by atoms with Crippen LogP contribution in [0.2, 0.25) is 5.02 Å². The van der Waals surface area contributed by atoms with Gasteiger partial charge in [0.05, 0.1) is 7.11 Å². The highest BCUT2D eigenvalue weighted by molar-refractivity contribution is 6.32. The second kappa shape index (κ2) is 4.16. The van der Waals surface area contributed by atoms with E-state index in [2.05, 4.69) is 0 Å². The van der Waals surface area contributed by atoms with Gasteiger partial charge in [-0.3, -0.25) is 0 Å². The molecule has 0 amide bonds. The summed E-state index contributed by atoms with van der Waals surface area (Å²) in [5.74, 6) is 0.661. The molecule has 1 aliphatic carbocycles. The molecule has 0 bridgehead atoms. The quantitative estimate of drug-likeness (QED) is 0.873. The number of benzene rings is 1. The van der Waals surface area contributed by atoms with Crippen LogP contribution in [0.25, 0.3) is 0 Å². The van der Waals surface area contributed by atoms with Crippen LogP contribution in [0.4, 0.5) is 0 Å². The second-order valence-electron chi connectivity index (χ2n) is 4.88. The largest absolute Gasteiger partial charge is 0.496 e. The number of hydrogen-bond acceptors (Lipinski definition) is 3. The van der Waals surface area contributed by atoms with Crippen molar-refractivity contribution in [1.82, 2.24) is 0 Å². The van der Waals surface area contributed by atoms with Gasteiger partial charge >= 0.3 is 0 Å². The summed E-state index contributed by atoms with van der Waals surface area (Å²) in [6.45, 7) is 3.81. The van der Waals surface area contributed by atoms with Crippen molar-refractivity contribution in [2.45, 2.75) is 38.3 Å². The number of aliphatic hydroxyl groups excluding tert-OH is 1. The van der Waals surface area contributed by atoms with Gasteiger partial charge < -0.3 is 15.6 Å². The fraction of sp³-hybridized carbons (Fsp3) is 0.538. The Kier molecular flexibility index (Phi) is 3.10. The maximum absolute atomic E-state index is 10.4. The molecule has 3 nitrogen and oxygen atoms in total. The second-order valence-corrected chi connectivity index (χ2v) is 5.26. The minimum Gasteiger partial charge on any atom is -0.496 e. The Morgan fingerprint density at radius 3 is 2.53 bits per heavy atom. The van der Waals surface area contributed by atoms with Crippen molar-refractivity contribution in [2.75, 3.05) is 7.11 Å². The zero-order valence-corrected chi connectivity index (χ0v) is 11.1. The highest BCUT2D eigenvalue weighted by Gasteiger charge is 2.47. The summed E-state index contributed by atoms with van der Waals surface area (Å²) >= 11 is 6.22. The van der Waals surface area contributed by atoms with E-state index in [4.69, 9.17) is 22.1 Å². The average molecular weight is 256 g/mol. The molecule has 3 N–H and O–H groups in total. The third-order valence-corrected chi connectivity index (χ3v) is 4.14. The molecular formula is C13H18ClNO2. The van der Waals surface area contributed by atoms with Gasteiger partial charge in [0, 0.05) is 16.1 Å². The van der Waals surface area contributed by atoms with Crippen LogP contribution in [0, 0.1) is 13.8 Å². The third-order valence-electron chi connectivity index (χ3n) is 3.56. The zero-order valence-electron chi connectivity index (χ0n) is 10.4. The Hall–Kier alpha value is -0.770. The zero-order chi connectivity index (χ0) is 12.8. The van der Waals surface area contributed by atoms with Gasteiger partial charge in [-0.2, -0.15) is 0 Å². The molecule has 0 heterocycles. The van der Waals surface area contributed by atoms with E-state index in [0.29, 0.717) is 10.8 Å². The summed E-state index contributed by atoms with van der Waals surface area (Å²) in [6, 6.07) is 1.85. The molecule has 0 spiro atoms. The van der Waals surface area contributed by atoms with Gasteiger partial charge in [-0.1, -0.05) is 11.6 Å². The number of ether oxygens (including phenoxy) is 1. The first kappa shape index (κ1) is 12.7. The Balaban J connectivity index is 2.55. The Morgan fingerprint density at radius 1 is 1.47 bits per heavy atom. The molecule has 1 saturated carbocycles. The first-order valence-electron chi connectivity index (χ1n) is 5.71. The van der Waals surface area contributed by atoms with Crippen molar-refractivity contribution >= 4 is 11.6 Å². The molecule has 94 valence electrons. The molecule has 4 heteroatoms. The van der Waals surface area contributed by atoms with Gasteiger partial charge in [-0.25, -0.2) is 0 Å². The molecule has 1 atom stereocenters. The van der Waals surface area contributed by atoms with E-state index in [1.165, 1.54) is 0 Å². The van der Waals surface area contributed by atoms with Crippen LogP contribution in [0.3, 0.4) is 0 Å². The summed E-state index contributed by atoms with van der Waals surface area (Å²) in [5, 5.41) is 11.0. The van der Waals surface area contributed by atoms with Crippen LogP contribution in [0.1, 0.15) is 35.6 Å². The summed E-state index contributed by atoms with van der Waals surface area (Å²) in [4.78, 5) is 0. The molecule has 1 unspecified atom stereocenters. The van der Waals surface area contributed by atoms with Crippen molar-refractivity contribution in [3.8, 4) is 5.75 Å². The minimum absolute atomic E-state index is 0.503. The molecule has 1 aromatic rings. The maximum atomic E-state index is 10.4. The highest BCUT2D eigenvalue weighted by Crippen LogP contribution is 2.48. The SMILES string of the molecule is COc1cc(C)c(Cl)c(C)c1C(O)C1(N)CC1. The van der Waals surface area contributed by atoms with Crippen LogP contribution in [0.15, 0.2) is 6.07 Å². The normalized spacial score (nSPS) is 18.9. The van der Waals surface area contributed by atoms with Crippen LogP contribution in [0.5, 0.6) is 5.75 Å². The van der Waals surface area contributed by atoms with E-state index < -0.39 is 11.6 Å². The van der Waals surface area contributed by atoms with E-state index in [1.54, 1.807) is 7.11 Å². The van der Waals surface area contributed by atoms with Crippen LogP contribution in [-0.2, 0) is 0 Å². The summed E-state index contributed by atoms with van der Waals surface area (Å²) in [7, 11) is 1.59. The van der Waals surface area contributed by atoms with Gasteiger partial charge in [-0.15, -0.1) is 0 Å². The molecule has 0 radical (unpaired) electrons. The fourth-order valence-electron chi connectivity index (χ4n) is 2.15. The number of halogens is 1. The van der Waals surface area contributed by atoms with Gasteiger partial charge in [0.25, 0.3) is 0 Å². The molecular weight excluding hydrogens is 238 g/mol. The average Bonchev–Trinajstić information content (AvgIpc) is 3.04. The van der Waals surface area contributed by atoms with E-state index in [-0.39, 0.29) is 0 Å². The lowest BCUT2D eigenvalue weighted by Gasteiger charge is -2.23. The van der Waals surface area contributed by atoms with Crippen LogP contribution in [-0.4, -0.2) is 17.8 Å². The molecule has 17 heavy (non-hydrogen) atoms. The number of rotatable bonds is 3. The number of hydrogen-bond donors (Lipinski definition) is 2. The smallest absolute Gasteiger partial charge is 0.125 e. The summed E-state index contributed by atoms with van der Waals surface area (Å²) in [5.41, 5.74) is 8.07. The molecule has 2 rings (SSSR count).